The van der Waals surface area contributed by atoms with Gasteiger partial charge in [0.25, 0.3) is 0 Å². The van der Waals surface area contributed by atoms with E-state index in [4.69, 9.17) is 29.2 Å². The van der Waals surface area contributed by atoms with E-state index in [0.29, 0.717) is 38.6 Å². The lowest BCUT2D eigenvalue weighted by Crippen LogP contribution is -2.04. The topological polar surface area (TPSA) is 43.6 Å². The highest BCUT2D eigenvalue weighted by Gasteiger charge is 2.21. The first kappa shape index (κ1) is 16.3. The minimum atomic E-state index is -0.632. The van der Waals surface area contributed by atoms with Crippen LogP contribution in [0.25, 0.3) is 83.6 Å². The van der Waals surface area contributed by atoms with Crippen LogP contribution in [-0.4, -0.2) is 19.5 Å². The first-order valence-electron chi connectivity index (χ1n) is 21.6. The van der Waals surface area contributed by atoms with Gasteiger partial charge in [-0.15, -0.1) is 0 Å². The van der Waals surface area contributed by atoms with Gasteiger partial charge in [0.05, 0.1) is 35.9 Å². The molecule has 0 bridgehead atoms. The highest BCUT2D eigenvalue weighted by molar-refractivity contribution is 6.16. The van der Waals surface area contributed by atoms with Crippen LogP contribution in [0.4, 0.5) is 0 Å². The summed E-state index contributed by atoms with van der Waals surface area (Å²) >= 11 is 0. The average molecular weight is 615 g/mol. The first-order valence-corrected chi connectivity index (χ1v) is 14.6. The second-order valence-corrected chi connectivity index (χ2v) is 10.7. The minimum Gasteiger partial charge on any atom is -0.308 e. The van der Waals surface area contributed by atoms with Gasteiger partial charge in [-0.05, 0) is 46.2 Å². The van der Waals surface area contributed by atoms with Gasteiger partial charge in [-0.3, -0.25) is 0 Å². The quantitative estimate of drug-likeness (QED) is 0.194. The molecule has 2 aromatic heterocycles. The summed E-state index contributed by atoms with van der Waals surface area (Å²) in [6, 6.07) is 17.9. The van der Waals surface area contributed by atoms with E-state index in [0.717, 1.165) is 10.8 Å². The summed E-state index contributed by atoms with van der Waals surface area (Å²) in [6.07, 6.45) is 0. The lowest BCUT2D eigenvalue weighted by Gasteiger charge is -2.16. The van der Waals surface area contributed by atoms with E-state index in [1.165, 1.54) is 6.07 Å². The standard InChI is InChI=1S/C43H28N4/c1-4-15-29(16-5-1)34-24-14-26-38-40(34)35-23-12-13-25-37(35)47(38)39-28-33-22-11-10-21-32(33)27-36(39)43-45-41(30-17-6-2-7-18-30)44-42(46-43)31-19-8-3-9-20-31/h1-28H/i1D,2D,3D,4D,5D,6D,7D,8D,9D,15D,16D,17D,18D,19D. The summed E-state index contributed by atoms with van der Waals surface area (Å²) in [5.74, 6) is -0.648. The molecule has 220 valence electrons. The Kier molecular flexibility index (Phi) is 3.87. The monoisotopic (exact) mass is 614 g/mol. The fourth-order valence-electron chi connectivity index (χ4n) is 5.95. The smallest absolute Gasteiger partial charge is 0.166 e. The van der Waals surface area contributed by atoms with Crippen molar-refractivity contribution < 1.29 is 19.2 Å². The summed E-state index contributed by atoms with van der Waals surface area (Å²) in [5.41, 5.74) is 2.04. The van der Waals surface area contributed by atoms with Crippen LogP contribution in [0.2, 0.25) is 0 Å². The van der Waals surface area contributed by atoms with Gasteiger partial charge >= 0.3 is 0 Å². The molecule has 0 aliphatic rings. The Morgan fingerprint density at radius 3 is 1.83 bits per heavy atom. The second kappa shape index (κ2) is 11.2. The number of hydrogen-bond acceptors (Lipinski definition) is 3. The van der Waals surface area contributed by atoms with Crippen LogP contribution in [-0.2, 0) is 0 Å². The summed E-state index contributed by atoms with van der Waals surface area (Å²) < 4.78 is 121. The van der Waals surface area contributed by atoms with E-state index >= 15 is 0 Å². The van der Waals surface area contributed by atoms with E-state index in [1.54, 1.807) is 12.1 Å². The third-order valence-electron chi connectivity index (χ3n) is 7.96. The van der Waals surface area contributed by atoms with Crippen LogP contribution in [0, 0.1) is 0 Å². The zero-order valence-corrected chi connectivity index (χ0v) is 24.4. The molecule has 0 saturated heterocycles. The van der Waals surface area contributed by atoms with Crippen molar-refractivity contribution in [2.45, 2.75) is 0 Å². The van der Waals surface area contributed by atoms with Crippen LogP contribution < -0.4 is 0 Å². The Balaban J connectivity index is 1.43. The highest BCUT2D eigenvalue weighted by atomic mass is 15.1. The second-order valence-electron chi connectivity index (χ2n) is 10.7. The largest absolute Gasteiger partial charge is 0.308 e. The van der Waals surface area contributed by atoms with Gasteiger partial charge in [-0.2, -0.15) is 0 Å². The number of benzene rings is 7. The Hall–Kier alpha value is -6.39. The normalized spacial score (nSPS) is 15.6. The fourth-order valence-corrected chi connectivity index (χ4v) is 5.95. The van der Waals surface area contributed by atoms with Crippen molar-refractivity contribution in [1.29, 1.82) is 0 Å². The van der Waals surface area contributed by atoms with Gasteiger partial charge in [0.1, 0.15) is 0 Å². The highest BCUT2D eigenvalue weighted by Crippen LogP contribution is 2.41. The number of rotatable bonds is 5. The molecule has 2 heterocycles. The third-order valence-corrected chi connectivity index (χ3v) is 7.96. The van der Waals surface area contributed by atoms with E-state index < -0.39 is 66.5 Å². The zero-order valence-electron chi connectivity index (χ0n) is 38.4. The van der Waals surface area contributed by atoms with Crippen LogP contribution in [0.3, 0.4) is 0 Å². The molecule has 0 unspecified atom stereocenters. The van der Waals surface area contributed by atoms with Gasteiger partial charge in [-0.1, -0.05) is 145 Å². The first-order chi connectivity index (χ1) is 29.1. The predicted octanol–water partition coefficient (Wildman–Crippen LogP) is 10.8. The van der Waals surface area contributed by atoms with Gasteiger partial charge in [0, 0.05) is 27.5 Å². The van der Waals surface area contributed by atoms with Crippen LogP contribution in [0.15, 0.2) is 170 Å². The maximum absolute atomic E-state index is 8.86. The maximum atomic E-state index is 8.86. The van der Waals surface area contributed by atoms with Crippen molar-refractivity contribution in [2.24, 2.45) is 0 Å². The Morgan fingerprint density at radius 1 is 0.447 bits per heavy atom. The van der Waals surface area contributed by atoms with E-state index in [2.05, 4.69) is 4.98 Å². The molecular formula is C43H28N4. The van der Waals surface area contributed by atoms with Crippen molar-refractivity contribution in [3.63, 3.8) is 0 Å². The Morgan fingerprint density at radius 2 is 1.04 bits per heavy atom. The van der Waals surface area contributed by atoms with Crippen LogP contribution >= 0.6 is 0 Å². The zero-order chi connectivity index (χ0) is 43.3. The van der Waals surface area contributed by atoms with Crippen molar-refractivity contribution in [3.05, 3.63) is 170 Å². The van der Waals surface area contributed by atoms with Gasteiger partial charge in [0.2, 0.25) is 0 Å². The SMILES string of the molecule is [2H]c1cc(-c2nc(-c3cc4ccccc4cc3-n3c4ccccc4c4c(-c5c([2H])c([2H])c([2H])c([2H])c5[2H])cccc43)nc(-c3c([2H])c([2H])c([2H])c([2H])c3[2H])n2)c([2H])c([2H])c1[2H]. The number of nitrogens with zero attached hydrogens (tertiary/aromatic N) is 4. The molecule has 4 heteroatoms. The van der Waals surface area contributed by atoms with E-state index in [1.807, 2.05) is 71.3 Å². The van der Waals surface area contributed by atoms with Gasteiger partial charge in [0.15, 0.2) is 17.5 Å². The van der Waals surface area contributed by atoms with E-state index in [-0.39, 0.29) is 52.3 Å². The minimum absolute atomic E-state index is 0.0241. The molecule has 9 rings (SSSR count). The van der Waals surface area contributed by atoms with Crippen molar-refractivity contribution in [1.82, 2.24) is 19.5 Å². The molecule has 0 aliphatic heterocycles. The van der Waals surface area contributed by atoms with Gasteiger partial charge in [-0.25, -0.2) is 15.0 Å². The van der Waals surface area contributed by atoms with Gasteiger partial charge < -0.3 is 4.57 Å². The van der Waals surface area contributed by atoms with Crippen molar-refractivity contribution in [3.8, 4) is 51.0 Å². The summed E-state index contributed by atoms with van der Waals surface area (Å²) in [6.45, 7) is 0. The molecule has 0 N–H and O–H groups in total. The molecule has 7 aromatic carbocycles. The number of para-hydroxylation sites is 1. The fraction of sp³-hybridized carbons (Fsp3) is 0. The lowest BCUT2D eigenvalue weighted by molar-refractivity contribution is 1.07. The molecule has 0 spiro atoms. The summed E-state index contributed by atoms with van der Waals surface area (Å²) in [4.78, 5) is 14.1. The molecule has 0 saturated carbocycles. The Bertz CT molecular complexity index is 3330. The molecule has 0 radical (unpaired) electrons. The molecule has 0 aliphatic carbocycles. The molecular weight excluding hydrogens is 573 g/mol. The van der Waals surface area contributed by atoms with Crippen molar-refractivity contribution >= 4 is 32.6 Å². The molecule has 0 amide bonds. The maximum Gasteiger partial charge on any atom is 0.166 e. The van der Waals surface area contributed by atoms with E-state index in [9.17, 15) is 0 Å². The molecule has 0 atom stereocenters. The summed E-state index contributed by atoms with van der Waals surface area (Å²) in [5, 5.41) is 2.82. The van der Waals surface area contributed by atoms with Crippen molar-refractivity contribution in [2.75, 3.05) is 0 Å². The predicted molar refractivity (Wildman–Crippen MR) is 193 cm³/mol. The van der Waals surface area contributed by atoms with Crippen LogP contribution in [0.1, 0.15) is 19.2 Å². The number of hydrogen-bond donors (Lipinski definition) is 0. The molecule has 47 heavy (non-hydrogen) atoms. The Labute approximate surface area is 292 Å². The average Bonchev–Trinajstić information content (AvgIpc) is 3.61. The third kappa shape index (κ3) is 4.66. The molecule has 9 aromatic rings. The lowest BCUT2D eigenvalue weighted by atomic mass is 9.99. The summed E-state index contributed by atoms with van der Waals surface area (Å²) in [7, 11) is 0. The molecule has 4 nitrogen and oxygen atoms in total. The van der Waals surface area contributed by atoms with Crippen LogP contribution in [0.5, 0.6) is 0 Å². The number of aromatic nitrogens is 4. The molecule has 0 fully saturated rings. The number of fused-ring (bicyclic) bond motifs is 4.